The number of hydrogen-bond donors (Lipinski definition) is 0. The predicted molar refractivity (Wildman–Crippen MR) is 74.9 cm³/mol. The zero-order valence-electron chi connectivity index (χ0n) is 12.4. The lowest BCUT2D eigenvalue weighted by Gasteiger charge is -2.36. The smallest absolute Gasteiger partial charge is 0.323 e. The maximum absolute atomic E-state index is 12.4. The maximum atomic E-state index is 12.4. The van der Waals surface area contributed by atoms with Crippen molar-refractivity contribution in [2.75, 3.05) is 26.2 Å². The summed E-state index contributed by atoms with van der Waals surface area (Å²) in [7, 11) is 0. The Morgan fingerprint density at radius 1 is 1.29 bits per heavy atom. The second kappa shape index (κ2) is 5.52. The van der Waals surface area contributed by atoms with E-state index in [0.717, 1.165) is 6.42 Å². The molecule has 0 bridgehead atoms. The molecule has 0 aliphatic carbocycles. The number of piperazine rings is 1. The van der Waals surface area contributed by atoms with Gasteiger partial charge in [-0.1, -0.05) is 0 Å². The van der Waals surface area contributed by atoms with Crippen LogP contribution in [0, 0.1) is 6.92 Å². The van der Waals surface area contributed by atoms with Gasteiger partial charge < -0.3 is 14.1 Å². The lowest BCUT2D eigenvalue weighted by Crippen LogP contribution is -2.53. The van der Waals surface area contributed by atoms with Gasteiger partial charge in [0.1, 0.15) is 17.9 Å². The molecule has 1 aromatic rings. The van der Waals surface area contributed by atoms with Crippen molar-refractivity contribution in [2.45, 2.75) is 32.4 Å². The van der Waals surface area contributed by atoms with E-state index >= 15 is 0 Å². The number of aryl methyl sites for hydroxylation is 1. The van der Waals surface area contributed by atoms with E-state index in [4.69, 9.17) is 9.15 Å². The molecule has 6 heteroatoms. The number of furan rings is 1. The summed E-state index contributed by atoms with van der Waals surface area (Å²) in [4.78, 5) is 28.1. The predicted octanol–water partition coefficient (Wildman–Crippen LogP) is 1.05. The summed E-state index contributed by atoms with van der Waals surface area (Å²) in [5.74, 6) is 0.520. The number of ether oxygens (including phenoxy) is 1. The highest BCUT2D eigenvalue weighted by molar-refractivity contribution is 5.95. The summed E-state index contributed by atoms with van der Waals surface area (Å²) >= 11 is 0. The van der Waals surface area contributed by atoms with Gasteiger partial charge in [0.15, 0.2) is 0 Å². The van der Waals surface area contributed by atoms with Gasteiger partial charge >= 0.3 is 5.97 Å². The zero-order valence-corrected chi connectivity index (χ0v) is 12.4. The number of nitrogens with zero attached hydrogens (tertiary/aromatic N) is 2. The highest BCUT2D eigenvalue weighted by Gasteiger charge is 2.38. The van der Waals surface area contributed by atoms with Crippen LogP contribution in [0.25, 0.3) is 0 Å². The lowest BCUT2D eigenvalue weighted by atomic mass is 10.1. The van der Waals surface area contributed by atoms with Crippen molar-refractivity contribution in [3.8, 4) is 0 Å². The molecule has 0 radical (unpaired) electrons. The summed E-state index contributed by atoms with van der Waals surface area (Å²) in [5.41, 5.74) is 0.623. The van der Waals surface area contributed by atoms with Crippen molar-refractivity contribution in [1.82, 2.24) is 9.80 Å². The van der Waals surface area contributed by atoms with Crippen molar-refractivity contribution in [2.24, 2.45) is 0 Å². The molecule has 2 aliphatic rings. The monoisotopic (exact) mass is 292 g/mol. The van der Waals surface area contributed by atoms with Gasteiger partial charge in [0.2, 0.25) is 0 Å². The molecule has 3 rings (SSSR count). The fraction of sp³-hybridized carbons (Fsp3) is 0.600. The van der Waals surface area contributed by atoms with Crippen molar-refractivity contribution in [1.29, 1.82) is 0 Å². The minimum atomic E-state index is -0.145. The molecule has 1 amide bonds. The first-order valence-electron chi connectivity index (χ1n) is 7.34. The standard InChI is InChI=1S/C15H20N2O4/c1-10-9-13(15(19)21-10)16-4-6-17(7-5-16)14(18)12-3-8-20-11(12)2/h3,8,10,13H,4-7,9H2,1-2H3/t10-,13-/m1/s1. The van der Waals surface area contributed by atoms with Gasteiger partial charge in [-0.05, 0) is 19.9 Å². The third kappa shape index (κ3) is 2.68. The van der Waals surface area contributed by atoms with E-state index in [2.05, 4.69) is 4.90 Å². The molecule has 21 heavy (non-hydrogen) atoms. The molecule has 2 fully saturated rings. The molecular formula is C15H20N2O4. The Kier molecular flexibility index (Phi) is 3.71. The second-order valence-corrected chi connectivity index (χ2v) is 5.72. The van der Waals surface area contributed by atoms with E-state index in [-0.39, 0.29) is 24.0 Å². The number of carbonyl (C=O) groups is 2. The van der Waals surface area contributed by atoms with Crippen LogP contribution < -0.4 is 0 Å². The molecule has 0 aromatic carbocycles. The van der Waals surface area contributed by atoms with Gasteiger partial charge in [0, 0.05) is 32.6 Å². The van der Waals surface area contributed by atoms with Crippen molar-refractivity contribution in [3.63, 3.8) is 0 Å². The Labute approximate surface area is 123 Å². The van der Waals surface area contributed by atoms with Crippen LogP contribution in [0.4, 0.5) is 0 Å². The maximum Gasteiger partial charge on any atom is 0.323 e. The second-order valence-electron chi connectivity index (χ2n) is 5.72. The van der Waals surface area contributed by atoms with Crippen LogP contribution >= 0.6 is 0 Å². The number of cyclic esters (lactones) is 1. The quantitative estimate of drug-likeness (QED) is 0.762. The Hall–Kier alpha value is -1.82. The molecule has 0 unspecified atom stereocenters. The van der Waals surface area contributed by atoms with Crippen LogP contribution in [-0.2, 0) is 9.53 Å². The fourth-order valence-electron chi connectivity index (χ4n) is 3.05. The molecule has 114 valence electrons. The third-order valence-electron chi connectivity index (χ3n) is 4.28. The number of carbonyl (C=O) groups excluding carboxylic acids is 2. The van der Waals surface area contributed by atoms with Crippen molar-refractivity contribution >= 4 is 11.9 Å². The van der Waals surface area contributed by atoms with E-state index in [9.17, 15) is 9.59 Å². The van der Waals surface area contributed by atoms with Gasteiger partial charge in [-0.2, -0.15) is 0 Å². The summed E-state index contributed by atoms with van der Waals surface area (Å²) in [6.07, 6.45) is 2.28. The topological polar surface area (TPSA) is 63.0 Å². The molecule has 6 nitrogen and oxygen atoms in total. The van der Waals surface area contributed by atoms with Crippen molar-refractivity contribution in [3.05, 3.63) is 23.7 Å². The minimum Gasteiger partial charge on any atom is -0.469 e. The van der Waals surface area contributed by atoms with Crippen LogP contribution in [-0.4, -0.2) is 60.0 Å². The fourth-order valence-corrected chi connectivity index (χ4v) is 3.05. The van der Waals surface area contributed by atoms with E-state index in [1.807, 2.05) is 11.8 Å². The average Bonchev–Trinajstić information content (AvgIpc) is 3.04. The van der Waals surface area contributed by atoms with Crippen molar-refractivity contribution < 1.29 is 18.7 Å². The number of hydrogen-bond acceptors (Lipinski definition) is 5. The lowest BCUT2D eigenvalue weighted by molar-refractivity contribution is -0.145. The normalized spacial score (nSPS) is 27.0. The Bertz CT molecular complexity index is 546. The molecule has 2 aliphatic heterocycles. The molecule has 2 atom stereocenters. The molecule has 2 saturated heterocycles. The first-order valence-corrected chi connectivity index (χ1v) is 7.34. The Balaban J connectivity index is 1.59. The van der Waals surface area contributed by atoms with E-state index < -0.39 is 0 Å². The average molecular weight is 292 g/mol. The Morgan fingerprint density at radius 3 is 2.52 bits per heavy atom. The SMILES string of the molecule is Cc1occc1C(=O)N1CCN([C@@H]2C[C@@H](C)OC2=O)CC1. The van der Waals surface area contributed by atoms with Crippen LogP contribution in [0.2, 0.25) is 0 Å². The van der Waals surface area contributed by atoms with Gasteiger partial charge in [0.25, 0.3) is 5.91 Å². The molecule has 0 saturated carbocycles. The number of esters is 1. The Morgan fingerprint density at radius 2 is 2.00 bits per heavy atom. The largest absolute Gasteiger partial charge is 0.469 e. The third-order valence-corrected chi connectivity index (χ3v) is 4.28. The van der Waals surface area contributed by atoms with Crippen LogP contribution in [0.15, 0.2) is 16.7 Å². The minimum absolute atomic E-state index is 0.00302. The summed E-state index contributed by atoms with van der Waals surface area (Å²) in [6, 6.07) is 1.56. The molecule has 0 spiro atoms. The van der Waals surface area contributed by atoms with E-state index in [1.54, 1.807) is 13.0 Å². The number of rotatable bonds is 2. The van der Waals surface area contributed by atoms with Crippen LogP contribution in [0.5, 0.6) is 0 Å². The highest BCUT2D eigenvalue weighted by atomic mass is 16.6. The summed E-state index contributed by atoms with van der Waals surface area (Å²) in [6.45, 7) is 6.37. The van der Waals surface area contributed by atoms with Gasteiger partial charge in [0.05, 0.1) is 11.8 Å². The van der Waals surface area contributed by atoms with Crippen LogP contribution in [0.3, 0.4) is 0 Å². The zero-order chi connectivity index (χ0) is 15.0. The van der Waals surface area contributed by atoms with Crippen LogP contribution in [0.1, 0.15) is 29.5 Å². The summed E-state index contributed by atoms with van der Waals surface area (Å²) in [5, 5.41) is 0. The number of amides is 1. The molecule has 3 heterocycles. The van der Waals surface area contributed by atoms with E-state index in [1.165, 1.54) is 6.26 Å². The molecule has 1 aromatic heterocycles. The first kappa shape index (κ1) is 14.1. The summed E-state index contributed by atoms with van der Waals surface area (Å²) < 4.78 is 10.4. The first-order chi connectivity index (χ1) is 10.1. The van der Waals surface area contributed by atoms with E-state index in [0.29, 0.717) is 37.5 Å². The molecule has 0 N–H and O–H groups in total. The molecular weight excluding hydrogens is 272 g/mol. The van der Waals surface area contributed by atoms with Gasteiger partial charge in [-0.15, -0.1) is 0 Å². The van der Waals surface area contributed by atoms with Gasteiger partial charge in [-0.3, -0.25) is 14.5 Å². The highest BCUT2D eigenvalue weighted by Crippen LogP contribution is 2.22. The van der Waals surface area contributed by atoms with Gasteiger partial charge in [-0.25, -0.2) is 0 Å².